The highest BCUT2D eigenvalue weighted by molar-refractivity contribution is 6.56. The van der Waals surface area contributed by atoms with Gasteiger partial charge in [-0.2, -0.15) is 0 Å². The van der Waals surface area contributed by atoms with E-state index in [-0.39, 0.29) is 48.4 Å². The number of ether oxygens (including phenoxy) is 1. The maximum atomic E-state index is 12.9. The number of nitrogens with zero attached hydrogens (tertiary/aromatic N) is 1. The molecule has 10 heteroatoms. The van der Waals surface area contributed by atoms with Crippen LogP contribution < -0.4 is 9.64 Å². The van der Waals surface area contributed by atoms with Gasteiger partial charge >= 0.3 is 5.97 Å². The minimum atomic E-state index is -0.737. The molecule has 0 aliphatic carbocycles. The number of imide groups is 1. The number of rotatable bonds is 3. The lowest BCUT2D eigenvalue weighted by atomic mass is 10.1. The first-order valence-corrected chi connectivity index (χ1v) is 9.43. The van der Waals surface area contributed by atoms with Gasteiger partial charge < -0.3 is 9.15 Å². The Balaban J connectivity index is 1.72. The van der Waals surface area contributed by atoms with Crippen LogP contribution in [-0.2, 0) is 0 Å². The molecule has 6 nitrogen and oxygen atoms in total. The molecule has 0 spiro atoms. The number of amides is 2. The number of esters is 1. The van der Waals surface area contributed by atoms with Crippen LogP contribution in [0.1, 0.15) is 31.3 Å². The van der Waals surface area contributed by atoms with E-state index in [1.54, 1.807) is 0 Å². The fourth-order valence-electron chi connectivity index (χ4n) is 2.82. The molecule has 0 unspecified atom stereocenters. The Morgan fingerprint density at radius 2 is 1.48 bits per heavy atom. The van der Waals surface area contributed by atoms with E-state index in [1.807, 2.05) is 0 Å². The molecule has 0 saturated carbocycles. The van der Waals surface area contributed by atoms with Gasteiger partial charge in [-0.25, -0.2) is 9.69 Å². The summed E-state index contributed by atoms with van der Waals surface area (Å²) in [5.74, 6) is -2.11. The smallest absolute Gasteiger partial charge is 0.379 e. The summed E-state index contributed by atoms with van der Waals surface area (Å²) in [6, 6.07) is 8.79. The number of carbonyl (C=O) groups excluding carboxylic acids is 3. The Hall–Kier alpha value is -2.51. The molecule has 0 radical (unpaired) electrons. The van der Waals surface area contributed by atoms with Gasteiger partial charge in [-0.3, -0.25) is 9.59 Å². The number of carbonyl (C=O) groups is 3. The average Bonchev–Trinajstić information content (AvgIpc) is 3.32. The zero-order chi connectivity index (χ0) is 20.9. The SMILES string of the molecule is O=C(Oc1cccc(N2C(=O)c3c(Cl)c(Cl)c(Cl)c(Cl)c3C2=O)c1)c1ccco1. The van der Waals surface area contributed by atoms with E-state index in [0.717, 1.165) is 4.90 Å². The lowest BCUT2D eigenvalue weighted by Crippen LogP contribution is -2.29. The normalized spacial score (nSPS) is 13.0. The third kappa shape index (κ3) is 3.18. The molecule has 0 fully saturated rings. The average molecular weight is 471 g/mol. The van der Waals surface area contributed by atoms with Gasteiger partial charge in [-0.15, -0.1) is 0 Å². The van der Waals surface area contributed by atoms with Crippen LogP contribution in [0.25, 0.3) is 0 Å². The minimum Gasteiger partial charge on any atom is -0.457 e. The number of hydrogen-bond donors (Lipinski definition) is 0. The lowest BCUT2D eigenvalue weighted by molar-refractivity contribution is 0.0701. The Morgan fingerprint density at radius 3 is 2.03 bits per heavy atom. The molecule has 146 valence electrons. The van der Waals surface area contributed by atoms with Crippen molar-refractivity contribution in [3.8, 4) is 5.75 Å². The molecule has 3 aromatic rings. The molecule has 0 saturated heterocycles. The Kier molecular flexibility index (Phi) is 5.04. The van der Waals surface area contributed by atoms with Crippen LogP contribution in [0.5, 0.6) is 5.75 Å². The quantitative estimate of drug-likeness (QED) is 0.156. The highest BCUT2D eigenvalue weighted by Gasteiger charge is 2.42. The van der Waals surface area contributed by atoms with Crippen molar-refractivity contribution in [3.05, 3.63) is 79.6 Å². The van der Waals surface area contributed by atoms with Gasteiger partial charge in [0.2, 0.25) is 5.76 Å². The first-order chi connectivity index (χ1) is 13.8. The van der Waals surface area contributed by atoms with Crippen LogP contribution in [0, 0.1) is 0 Å². The first-order valence-electron chi connectivity index (χ1n) is 7.91. The van der Waals surface area contributed by atoms with Gasteiger partial charge in [0.15, 0.2) is 0 Å². The van der Waals surface area contributed by atoms with Crippen LogP contribution in [0.2, 0.25) is 20.1 Å². The maximum absolute atomic E-state index is 12.9. The molecule has 1 aliphatic rings. The Bertz CT molecular complexity index is 1140. The maximum Gasteiger partial charge on any atom is 0.379 e. The number of anilines is 1. The summed E-state index contributed by atoms with van der Waals surface area (Å²) in [7, 11) is 0. The number of furan rings is 1. The second kappa shape index (κ2) is 7.39. The van der Waals surface area contributed by atoms with Crippen molar-refractivity contribution < 1.29 is 23.5 Å². The summed E-state index contributed by atoms with van der Waals surface area (Å²) in [6.07, 6.45) is 1.33. The second-order valence-electron chi connectivity index (χ2n) is 5.82. The first kappa shape index (κ1) is 19.8. The van der Waals surface area contributed by atoms with Crippen molar-refractivity contribution in [2.45, 2.75) is 0 Å². The van der Waals surface area contributed by atoms with E-state index in [1.165, 1.54) is 42.7 Å². The summed E-state index contributed by atoms with van der Waals surface area (Å²) in [4.78, 5) is 38.7. The summed E-state index contributed by atoms with van der Waals surface area (Å²) >= 11 is 24.3. The molecule has 0 N–H and O–H groups in total. The van der Waals surface area contributed by atoms with E-state index in [4.69, 9.17) is 55.6 Å². The second-order valence-corrected chi connectivity index (χ2v) is 7.33. The van der Waals surface area contributed by atoms with Crippen molar-refractivity contribution in [1.29, 1.82) is 0 Å². The van der Waals surface area contributed by atoms with Crippen molar-refractivity contribution in [3.63, 3.8) is 0 Å². The van der Waals surface area contributed by atoms with Gasteiger partial charge in [-0.1, -0.05) is 52.5 Å². The summed E-state index contributed by atoms with van der Waals surface area (Å²) < 4.78 is 10.2. The molecule has 1 aliphatic heterocycles. The van der Waals surface area contributed by atoms with E-state index in [2.05, 4.69) is 0 Å². The van der Waals surface area contributed by atoms with Crippen LogP contribution in [0.4, 0.5) is 5.69 Å². The highest BCUT2D eigenvalue weighted by atomic mass is 35.5. The number of hydrogen-bond acceptors (Lipinski definition) is 5. The van der Waals surface area contributed by atoms with Gasteiger partial charge in [0.05, 0.1) is 43.2 Å². The van der Waals surface area contributed by atoms with Gasteiger partial charge in [0.25, 0.3) is 11.8 Å². The zero-order valence-electron chi connectivity index (χ0n) is 14.0. The largest absolute Gasteiger partial charge is 0.457 e. The van der Waals surface area contributed by atoms with Crippen molar-refractivity contribution in [2.75, 3.05) is 4.90 Å². The molecular weight excluding hydrogens is 464 g/mol. The molecule has 1 aromatic heterocycles. The van der Waals surface area contributed by atoms with Crippen molar-refractivity contribution >= 4 is 69.9 Å². The van der Waals surface area contributed by atoms with E-state index >= 15 is 0 Å². The summed E-state index contributed by atoms with van der Waals surface area (Å²) in [6.45, 7) is 0. The molecular formula is C19H7Cl4NO5. The Morgan fingerprint density at radius 1 is 0.862 bits per heavy atom. The molecule has 29 heavy (non-hydrogen) atoms. The highest BCUT2D eigenvalue weighted by Crippen LogP contribution is 2.45. The third-order valence-corrected chi connectivity index (χ3v) is 5.91. The molecule has 2 amide bonds. The topological polar surface area (TPSA) is 76.8 Å². The number of fused-ring (bicyclic) bond motifs is 1. The van der Waals surface area contributed by atoms with Gasteiger partial charge in [0, 0.05) is 6.07 Å². The van der Waals surface area contributed by atoms with E-state index in [9.17, 15) is 14.4 Å². The predicted molar refractivity (Wildman–Crippen MR) is 108 cm³/mol. The number of benzene rings is 2. The van der Waals surface area contributed by atoms with Crippen LogP contribution >= 0.6 is 46.4 Å². The Labute approximate surface area is 183 Å². The zero-order valence-corrected chi connectivity index (χ0v) is 17.1. The van der Waals surface area contributed by atoms with Crippen molar-refractivity contribution in [2.24, 2.45) is 0 Å². The molecule has 2 heterocycles. The summed E-state index contributed by atoms with van der Waals surface area (Å²) in [5, 5.41) is -0.586. The molecule has 0 bridgehead atoms. The molecule has 2 aromatic carbocycles. The summed E-state index contributed by atoms with van der Waals surface area (Å²) in [5.41, 5.74) is -0.150. The fourth-order valence-corrected chi connectivity index (χ4v) is 3.84. The fraction of sp³-hybridized carbons (Fsp3) is 0. The molecule has 0 atom stereocenters. The van der Waals surface area contributed by atoms with Crippen molar-refractivity contribution in [1.82, 2.24) is 0 Å². The standard InChI is InChI=1S/C19H7Cl4NO5/c20-13-11-12(14(21)16(23)15(13)22)18(26)24(17(11)25)8-3-1-4-9(7-8)29-19(27)10-5-2-6-28-10/h1-7H. The number of halogens is 4. The molecule has 4 rings (SSSR count). The van der Waals surface area contributed by atoms with E-state index < -0.39 is 17.8 Å². The van der Waals surface area contributed by atoms with Gasteiger partial charge in [-0.05, 0) is 24.3 Å². The third-order valence-electron chi connectivity index (χ3n) is 4.11. The lowest BCUT2D eigenvalue weighted by Gasteiger charge is -2.15. The van der Waals surface area contributed by atoms with Crippen LogP contribution in [0.15, 0.2) is 47.1 Å². The predicted octanol–water partition coefficient (Wildman–Crippen LogP) is 5.91. The van der Waals surface area contributed by atoms with Crippen LogP contribution in [0.3, 0.4) is 0 Å². The van der Waals surface area contributed by atoms with E-state index in [0.29, 0.717) is 0 Å². The monoisotopic (exact) mass is 469 g/mol. The minimum absolute atomic E-state index is 0.000944. The van der Waals surface area contributed by atoms with Crippen LogP contribution in [-0.4, -0.2) is 17.8 Å². The van der Waals surface area contributed by atoms with Gasteiger partial charge in [0.1, 0.15) is 5.75 Å².